The summed E-state index contributed by atoms with van der Waals surface area (Å²) in [6, 6.07) is 18.3. The zero-order valence-electron chi connectivity index (χ0n) is 16.8. The van der Waals surface area contributed by atoms with Crippen molar-refractivity contribution in [2.45, 2.75) is 30.3 Å². The van der Waals surface area contributed by atoms with Crippen LogP contribution in [0.25, 0.3) is 10.9 Å². The number of amides is 1. The van der Waals surface area contributed by atoms with E-state index in [1.807, 2.05) is 41.3 Å². The summed E-state index contributed by atoms with van der Waals surface area (Å²) in [5, 5.41) is 2.00. The monoisotopic (exact) mass is 420 g/mol. The van der Waals surface area contributed by atoms with Crippen LogP contribution < -0.4 is 9.47 Å². The fourth-order valence-electron chi connectivity index (χ4n) is 4.15. The predicted octanol–water partition coefficient (Wildman–Crippen LogP) is 4.85. The number of benzene rings is 2. The van der Waals surface area contributed by atoms with E-state index < -0.39 is 0 Å². The lowest BCUT2D eigenvalue weighted by Crippen LogP contribution is -2.32. The molecule has 1 aromatic heterocycles. The van der Waals surface area contributed by atoms with Crippen molar-refractivity contribution in [2.75, 3.05) is 25.5 Å². The van der Waals surface area contributed by atoms with Gasteiger partial charge < -0.3 is 14.4 Å². The third-order valence-electron chi connectivity index (χ3n) is 5.65. The standard InChI is InChI=1S/C24H24N2O3S/c27-24(16-30-23-11-9-17-5-1-2-6-19(17)25-23)26-12-3-7-20(26)18-8-10-21-22(15-18)29-14-4-13-28-21/h1-2,5-6,8-11,15,20H,3-4,7,12-14,16H2/t20-/m1/s1. The maximum absolute atomic E-state index is 13.0. The van der Waals surface area contributed by atoms with Crippen LogP contribution in [0.2, 0.25) is 0 Å². The highest BCUT2D eigenvalue weighted by Gasteiger charge is 2.30. The Bertz CT molecular complexity index is 1070. The van der Waals surface area contributed by atoms with Crippen LogP contribution in [0.5, 0.6) is 11.5 Å². The summed E-state index contributed by atoms with van der Waals surface area (Å²) in [4.78, 5) is 19.7. The van der Waals surface area contributed by atoms with Crippen LogP contribution in [0, 0.1) is 0 Å². The molecule has 2 aliphatic rings. The average Bonchev–Trinajstić information content (AvgIpc) is 3.16. The van der Waals surface area contributed by atoms with Crippen LogP contribution >= 0.6 is 11.8 Å². The largest absolute Gasteiger partial charge is 0.490 e. The Morgan fingerprint density at radius 3 is 2.83 bits per heavy atom. The van der Waals surface area contributed by atoms with Crippen molar-refractivity contribution in [2.24, 2.45) is 0 Å². The van der Waals surface area contributed by atoms with Gasteiger partial charge in [-0.15, -0.1) is 0 Å². The van der Waals surface area contributed by atoms with Gasteiger partial charge in [0.1, 0.15) is 0 Å². The van der Waals surface area contributed by atoms with E-state index in [0.29, 0.717) is 19.0 Å². The van der Waals surface area contributed by atoms with Gasteiger partial charge in [-0.3, -0.25) is 4.79 Å². The number of thioether (sulfide) groups is 1. The van der Waals surface area contributed by atoms with E-state index in [1.54, 1.807) is 0 Å². The smallest absolute Gasteiger partial charge is 0.233 e. The summed E-state index contributed by atoms with van der Waals surface area (Å²) in [5.74, 6) is 2.14. The Morgan fingerprint density at radius 1 is 1.03 bits per heavy atom. The van der Waals surface area contributed by atoms with Gasteiger partial charge in [0, 0.05) is 18.4 Å². The maximum Gasteiger partial charge on any atom is 0.233 e. The number of pyridine rings is 1. The minimum Gasteiger partial charge on any atom is -0.490 e. The highest BCUT2D eigenvalue weighted by Crippen LogP contribution is 2.38. The third-order valence-corrected chi connectivity index (χ3v) is 6.56. The zero-order chi connectivity index (χ0) is 20.3. The summed E-state index contributed by atoms with van der Waals surface area (Å²) >= 11 is 1.51. The van der Waals surface area contributed by atoms with Gasteiger partial charge in [0.2, 0.25) is 5.91 Å². The molecule has 3 aromatic rings. The first-order valence-electron chi connectivity index (χ1n) is 10.5. The van der Waals surface area contributed by atoms with Crippen molar-refractivity contribution >= 4 is 28.6 Å². The number of fused-ring (bicyclic) bond motifs is 2. The van der Waals surface area contributed by atoms with Crippen molar-refractivity contribution < 1.29 is 14.3 Å². The van der Waals surface area contributed by atoms with Gasteiger partial charge in [0.15, 0.2) is 11.5 Å². The summed E-state index contributed by atoms with van der Waals surface area (Å²) in [5.41, 5.74) is 2.08. The number of para-hydroxylation sites is 1. The lowest BCUT2D eigenvalue weighted by molar-refractivity contribution is -0.129. The lowest BCUT2D eigenvalue weighted by atomic mass is 10.0. The second-order valence-electron chi connectivity index (χ2n) is 7.63. The zero-order valence-corrected chi connectivity index (χ0v) is 17.6. The molecule has 5 rings (SSSR count). The number of hydrogen-bond acceptors (Lipinski definition) is 5. The Balaban J connectivity index is 1.28. The predicted molar refractivity (Wildman–Crippen MR) is 118 cm³/mol. The molecule has 0 aliphatic carbocycles. The minimum atomic E-state index is 0.0971. The van der Waals surface area contributed by atoms with E-state index in [0.717, 1.165) is 58.8 Å². The van der Waals surface area contributed by atoms with Crippen LogP contribution in [0.1, 0.15) is 30.9 Å². The molecule has 1 amide bonds. The molecule has 2 aromatic carbocycles. The number of likely N-dealkylation sites (tertiary alicyclic amines) is 1. The highest BCUT2D eigenvalue weighted by atomic mass is 32.2. The van der Waals surface area contributed by atoms with E-state index >= 15 is 0 Å². The van der Waals surface area contributed by atoms with Crippen LogP contribution in [0.4, 0.5) is 0 Å². The van der Waals surface area contributed by atoms with E-state index in [4.69, 9.17) is 9.47 Å². The summed E-state index contributed by atoms with van der Waals surface area (Å²) in [7, 11) is 0. The molecule has 0 bridgehead atoms. The van der Waals surface area contributed by atoms with Crippen LogP contribution in [0.3, 0.4) is 0 Å². The summed E-state index contributed by atoms with van der Waals surface area (Å²) < 4.78 is 11.6. The molecule has 5 nitrogen and oxygen atoms in total. The quantitative estimate of drug-likeness (QED) is 0.565. The van der Waals surface area contributed by atoms with Crippen LogP contribution in [0.15, 0.2) is 59.6 Å². The molecule has 0 spiro atoms. The Kier molecular flexibility index (Phi) is 5.49. The minimum absolute atomic E-state index is 0.0971. The number of nitrogens with zero attached hydrogens (tertiary/aromatic N) is 2. The molecular weight excluding hydrogens is 396 g/mol. The first kappa shape index (κ1) is 19.2. The van der Waals surface area contributed by atoms with Gasteiger partial charge in [0.25, 0.3) is 0 Å². The molecule has 154 valence electrons. The normalized spacial score (nSPS) is 18.4. The lowest BCUT2D eigenvalue weighted by Gasteiger charge is -2.25. The van der Waals surface area contributed by atoms with E-state index in [9.17, 15) is 4.79 Å². The first-order valence-corrected chi connectivity index (χ1v) is 11.4. The topological polar surface area (TPSA) is 51.7 Å². The van der Waals surface area contributed by atoms with E-state index in [1.165, 1.54) is 11.8 Å². The van der Waals surface area contributed by atoms with E-state index in [-0.39, 0.29) is 11.9 Å². The Hall–Kier alpha value is -2.73. The highest BCUT2D eigenvalue weighted by molar-refractivity contribution is 7.99. The van der Waals surface area contributed by atoms with Gasteiger partial charge in [-0.1, -0.05) is 42.1 Å². The van der Waals surface area contributed by atoms with Gasteiger partial charge in [-0.2, -0.15) is 0 Å². The molecule has 1 atom stereocenters. The van der Waals surface area contributed by atoms with Gasteiger partial charge in [-0.25, -0.2) is 4.98 Å². The van der Waals surface area contributed by atoms with Crippen molar-refractivity contribution in [3.8, 4) is 11.5 Å². The third kappa shape index (κ3) is 3.97. The van der Waals surface area contributed by atoms with Gasteiger partial charge in [0.05, 0.1) is 35.6 Å². The molecule has 30 heavy (non-hydrogen) atoms. The number of carbonyl (C=O) groups is 1. The summed E-state index contributed by atoms with van der Waals surface area (Å²) in [6.45, 7) is 2.14. The fourth-order valence-corrected chi connectivity index (χ4v) is 4.91. The number of ether oxygens (including phenoxy) is 2. The molecule has 0 unspecified atom stereocenters. The molecule has 1 saturated heterocycles. The molecule has 0 N–H and O–H groups in total. The van der Waals surface area contributed by atoms with Crippen LogP contribution in [-0.4, -0.2) is 41.3 Å². The molecule has 2 aliphatic heterocycles. The molecule has 0 radical (unpaired) electrons. The number of carbonyl (C=O) groups excluding carboxylic acids is 1. The molecule has 0 saturated carbocycles. The van der Waals surface area contributed by atoms with E-state index in [2.05, 4.69) is 23.2 Å². The maximum atomic E-state index is 13.0. The molecule has 3 heterocycles. The van der Waals surface area contributed by atoms with Crippen molar-refractivity contribution in [1.82, 2.24) is 9.88 Å². The van der Waals surface area contributed by atoms with Crippen molar-refractivity contribution in [1.29, 1.82) is 0 Å². The second kappa shape index (κ2) is 8.56. The first-order chi connectivity index (χ1) is 14.8. The van der Waals surface area contributed by atoms with Crippen molar-refractivity contribution in [3.63, 3.8) is 0 Å². The summed E-state index contributed by atoms with van der Waals surface area (Å²) in [6.07, 6.45) is 2.88. The fraction of sp³-hybridized carbons (Fsp3) is 0.333. The number of aromatic nitrogens is 1. The number of rotatable bonds is 4. The Labute approximate surface area is 180 Å². The average molecular weight is 421 g/mol. The van der Waals surface area contributed by atoms with Gasteiger partial charge in [-0.05, 0) is 42.7 Å². The molecule has 1 fully saturated rings. The van der Waals surface area contributed by atoms with Gasteiger partial charge >= 0.3 is 0 Å². The number of hydrogen-bond donors (Lipinski definition) is 0. The molecule has 6 heteroatoms. The SMILES string of the molecule is O=C(CSc1ccc2ccccc2n1)N1CCC[C@@H]1c1ccc2c(c1)OCCCO2. The van der Waals surface area contributed by atoms with Crippen molar-refractivity contribution in [3.05, 3.63) is 60.2 Å². The molecular formula is C24H24N2O3S. The van der Waals surface area contributed by atoms with Crippen LogP contribution in [-0.2, 0) is 4.79 Å². The Morgan fingerprint density at radius 2 is 1.90 bits per heavy atom. The second-order valence-corrected chi connectivity index (χ2v) is 8.63.